The summed E-state index contributed by atoms with van der Waals surface area (Å²) < 4.78 is 12.9. The molecular formula is C23H34FN3O3. The highest BCUT2D eigenvalue weighted by molar-refractivity contribution is 5.94. The molecule has 0 aliphatic carbocycles. The van der Waals surface area contributed by atoms with E-state index in [0.717, 1.165) is 32.1 Å². The monoisotopic (exact) mass is 419 g/mol. The van der Waals surface area contributed by atoms with Gasteiger partial charge in [0.2, 0.25) is 11.8 Å². The van der Waals surface area contributed by atoms with Gasteiger partial charge in [-0.05, 0) is 56.4 Å². The van der Waals surface area contributed by atoms with E-state index in [1.807, 2.05) is 6.92 Å². The molecule has 0 saturated carbocycles. The maximum absolute atomic E-state index is 12.9. The van der Waals surface area contributed by atoms with E-state index in [-0.39, 0.29) is 35.5 Å². The molecule has 3 amide bonds. The van der Waals surface area contributed by atoms with E-state index in [1.165, 1.54) is 24.3 Å². The van der Waals surface area contributed by atoms with Gasteiger partial charge in [0.05, 0.1) is 0 Å². The number of carbonyl (C=O) groups excluding carboxylic acids is 3. The molecule has 1 fully saturated rings. The average Bonchev–Trinajstić information content (AvgIpc) is 3.24. The second-order valence-electron chi connectivity index (χ2n) is 7.84. The van der Waals surface area contributed by atoms with Gasteiger partial charge in [0.1, 0.15) is 11.9 Å². The highest BCUT2D eigenvalue weighted by atomic mass is 19.1. The Morgan fingerprint density at radius 2 is 1.80 bits per heavy atom. The summed E-state index contributed by atoms with van der Waals surface area (Å²) >= 11 is 0. The quantitative estimate of drug-likeness (QED) is 0.541. The molecule has 0 spiro atoms. The van der Waals surface area contributed by atoms with Crippen LogP contribution in [0.2, 0.25) is 0 Å². The van der Waals surface area contributed by atoms with Crippen molar-refractivity contribution in [1.82, 2.24) is 15.5 Å². The number of amides is 3. The van der Waals surface area contributed by atoms with Crippen LogP contribution in [0.15, 0.2) is 24.3 Å². The number of hydrogen-bond donors (Lipinski definition) is 2. The zero-order valence-corrected chi connectivity index (χ0v) is 18.1. The van der Waals surface area contributed by atoms with Gasteiger partial charge in [-0.1, -0.05) is 26.7 Å². The maximum atomic E-state index is 12.9. The van der Waals surface area contributed by atoms with Crippen molar-refractivity contribution < 1.29 is 18.8 Å². The lowest BCUT2D eigenvalue weighted by molar-refractivity contribution is -0.141. The number of nitrogens with zero attached hydrogens (tertiary/aromatic N) is 1. The number of nitrogens with one attached hydrogen (secondary N) is 2. The summed E-state index contributed by atoms with van der Waals surface area (Å²) in [7, 11) is 0. The first kappa shape index (κ1) is 23.8. The van der Waals surface area contributed by atoms with Gasteiger partial charge in [-0.3, -0.25) is 14.4 Å². The van der Waals surface area contributed by atoms with Crippen molar-refractivity contribution >= 4 is 17.7 Å². The van der Waals surface area contributed by atoms with Gasteiger partial charge < -0.3 is 15.5 Å². The van der Waals surface area contributed by atoms with Crippen LogP contribution in [0.25, 0.3) is 0 Å². The van der Waals surface area contributed by atoms with Crippen molar-refractivity contribution in [2.75, 3.05) is 19.6 Å². The molecule has 7 heteroatoms. The van der Waals surface area contributed by atoms with Crippen molar-refractivity contribution in [3.63, 3.8) is 0 Å². The number of halogens is 1. The van der Waals surface area contributed by atoms with Crippen LogP contribution < -0.4 is 10.6 Å². The fourth-order valence-corrected chi connectivity index (χ4v) is 3.81. The maximum Gasteiger partial charge on any atom is 0.251 e. The van der Waals surface area contributed by atoms with Crippen LogP contribution in [0.4, 0.5) is 4.39 Å². The van der Waals surface area contributed by atoms with E-state index >= 15 is 0 Å². The first-order chi connectivity index (χ1) is 14.5. The zero-order chi connectivity index (χ0) is 21.9. The second-order valence-corrected chi connectivity index (χ2v) is 7.84. The lowest BCUT2D eigenvalue weighted by atomic mass is 9.97. The number of likely N-dealkylation sites (tertiary alicyclic amines) is 1. The third kappa shape index (κ3) is 6.82. The van der Waals surface area contributed by atoms with Gasteiger partial charge >= 0.3 is 0 Å². The third-order valence-corrected chi connectivity index (χ3v) is 5.63. The number of hydrogen-bond acceptors (Lipinski definition) is 3. The summed E-state index contributed by atoms with van der Waals surface area (Å²) in [5.41, 5.74) is 0.397. The molecular weight excluding hydrogens is 385 g/mol. The van der Waals surface area contributed by atoms with Gasteiger partial charge in [0, 0.05) is 31.1 Å². The van der Waals surface area contributed by atoms with E-state index < -0.39 is 0 Å². The van der Waals surface area contributed by atoms with Gasteiger partial charge in [-0.15, -0.1) is 0 Å². The van der Waals surface area contributed by atoms with Crippen molar-refractivity contribution in [3.8, 4) is 0 Å². The van der Waals surface area contributed by atoms with Crippen LogP contribution in [0.1, 0.15) is 69.2 Å². The Labute approximate surface area is 178 Å². The molecule has 166 valence electrons. The molecule has 1 aliphatic heterocycles. The fraction of sp³-hybridized carbons (Fsp3) is 0.609. The third-order valence-electron chi connectivity index (χ3n) is 5.63. The summed E-state index contributed by atoms with van der Waals surface area (Å²) in [6, 6.07) is 4.97. The lowest BCUT2D eigenvalue weighted by Gasteiger charge is -2.28. The van der Waals surface area contributed by atoms with Gasteiger partial charge in [-0.25, -0.2) is 4.39 Å². The number of benzene rings is 1. The SMILES string of the molecule is CCCCC(CC)C(=O)N1CCC[C@H]1C(=O)NCCCNC(=O)c1ccc(F)cc1. The second kappa shape index (κ2) is 12.3. The Hall–Kier alpha value is -2.44. The lowest BCUT2D eigenvalue weighted by Crippen LogP contribution is -2.48. The first-order valence-corrected chi connectivity index (χ1v) is 11.1. The summed E-state index contributed by atoms with van der Waals surface area (Å²) in [6.07, 6.45) is 5.89. The first-order valence-electron chi connectivity index (χ1n) is 11.1. The summed E-state index contributed by atoms with van der Waals surface area (Å²) in [5.74, 6) is -0.665. The van der Waals surface area contributed by atoms with Crippen LogP contribution in [0, 0.1) is 11.7 Å². The van der Waals surface area contributed by atoms with E-state index in [4.69, 9.17) is 0 Å². The van der Waals surface area contributed by atoms with Crippen molar-refractivity contribution in [2.24, 2.45) is 5.92 Å². The predicted molar refractivity (Wildman–Crippen MR) is 114 cm³/mol. The summed E-state index contributed by atoms with van der Waals surface area (Å²) in [4.78, 5) is 39.2. The molecule has 1 unspecified atom stereocenters. The highest BCUT2D eigenvalue weighted by Gasteiger charge is 2.36. The highest BCUT2D eigenvalue weighted by Crippen LogP contribution is 2.23. The number of unbranched alkanes of at least 4 members (excludes halogenated alkanes) is 1. The van der Waals surface area contributed by atoms with Crippen LogP contribution in [-0.2, 0) is 9.59 Å². The zero-order valence-electron chi connectivity index (χ0n) is 18.1. The number of carbonyl (C=O) groups is 3. The molecule has 2 atom stereocenters. The van der Waals surface area contributed by atoms with Crippen LogP contribution >= 0.6 is 0 Å². The van der Waals surface area contributed by atoms with E-state index in [0.29, 0.717) is 38.0 Å². The van der Waals surface area contributed by atoms with Gasteiger partial charge in [0.15, 0.2) is 0 Å². The van der Waals surface area contributed by atoms with E-state index in [2.05, 4.69) is 17.6 Å². The minimum atomic E-state index is -0.387. The van der Waals surface area contributed by atoms with Crippen molar-refractivity contribution in [1.29, 1.82) is 0 Å². The molecule has 1 aromatic carbocycles. The average molecular weight is 420 g/mol. The molecule has 1 heterocycles. The Balaban J connectivity index is 1.73. The fourth-order valence-electron chi connectivity index (χ4n) is 3.81. The largest absolute Gasteiger partial charge is 0.354 e. The van der Waals surface area contributed by atoms with Crippen LogP contribution in [0.5, 0.6) is 0 Å². The summed E-state index contributed by atoms with van der Waals surface area (Å²) in [6.45, 7) is 5.62. The van der Waals surface area contributed by atoms with Gasteiger partial charge in [0.25, 0.3) is 5.91 Å². The Bertz CT molecular complexity index is 708. The molecule has 0 aromatic heterocycles. The topological polar surface area (TPSA) is 78.5 Å². The Morgan fingerprint density at radius 3 is 2.47 bits per heavy atom. The van der Waals surface area contributed by atoms with Crippen molar-refractivity contribution in [3.05, 3.63) is 35.6 Å². The molecule has 0 bridgehead atoms. The standard InChI is InChI=1S/C23H34FN3O3/c1-3-5-8-17(4-2)23(30)27-16-6-9-20(27)22(29)26-15-7-14-25-21(28)18-10-12-19(24)13-11-18/h10-13,17,20H,3-9,14-16H2,1-2H3,(H,25,28)(H,26,29)/t17?,20-/m0/s1. The Morgan fingerprint density at radius 1 is 1.10 bits per heavy atom. The summed E-state index contributed by atoms with van der Waals surface area (Å²) in [5, 5.41) is 5.65. The molecule has 30 heavy (non-hydrogen) atoms. The van der Waals surface area contributed by atoms with Crippen LogP contribution in [0.3, 0.4) is 0 Å². The van der Waals surface area contributed by atoms with Gasteiger partial charge in [-0.2, -0.15) is 0 Å². The van der Waals surface area contributed by atoms with E-state index in [9.17, 15) is 18.8 Å². The molecule has 0 radical (unpaired) electrons. The molecule has 2 N–H and O–H groups in total. The molecule has 1 aliphatic rings. The minimum Gasteiger partial charge on any atom is -0.354 e. The Kier molecular flexibility index (Phi) is 9.77. The predicted octanol–water partition coefficient (Wildman–Crippen LogP) is 3.27. The van der Waals surface area contributed by atoms with Crippen LogP contribution in [-0.4, -0.2) is 48.3 Å². The molecule has 2 rings (SSSR count). The molecule has 6 nitrogen and oxygen atoms in total. The normalized spacial score (nSPS) is 16.9. The minimum absolute atomic E-state index is 0.0000222. The molecule has 1 saturated heterocycles. The number of rotatable bonds is 11. The smallest absolute Gasteiger partial charge is 0.251 e. The van der Waals surface area contributed by atoms with E-state index in [1.54, 1.807) is 4.90 Å². The van der Waals surface area contributed by atoms with Crippen molar-refractivity contribution in [2.45, 2.75) is 64.8 Å². The molecule has 1 aromatic rings.